The normalized spacial score (nSPS) is 11.0. The van der Waals surface area contributed by atoms with Crippen LogP contribution in [0, 0.1) is 30.9 Å². The number of nitrogens with zero attached hydrogens (tertiary/aromatic N) is 5. The van der Waals surface area contributed by atoms with Gasteiger partial charge >= 0.3 is 5.69 Å². The van der Waals surface area contributed by atoms with Gasteiger partial charge in [0, 0.05) is 17.7 Å². The van der Waals surface area contributed by atoms with Gasteiger partial charge in [0.15, 0.2) is 0 Å². The van der Waals surface area contributed by atoms with Crippen molar-refractivity contribution in [1.82, 2.24) is 19.9 Å². The number of nitrogen functional groups attached to an aromatic ring is 1. The number of aromatic nitrogens is 4. The van der Waals surface area contributed by atoms with Crippen LogP contribution < -0.4 is 5.73 Å². The quantitative estimate of drug-likeness (QED) is 0.429. The summed E-state index contributed by atoms with van der Waals surface area (Å²) in [6, 6.07) is 5.53. The monoisotopic (exact) mass is 342 g/mol. The van der Waals surface area contributed by atoms with Crippen LogP contribution in [0.1, 0.15) is 22.8 Å². The molecule has 0 aliphatic carbocycles. The van der Waals surface area contributed by atoms with Crippen molar-refractivity contribution in [2.75, 3.05) is 5.73 Å². The summed E-state index contributed by atoms with van der Waals surface area (Å²) in [4.78, 5) is 15.0. The van der Waals surface area contributed by atoms with Gasteiger partial charge < -0.3 is 10.3 Å². The van der Waals surface area contributed by atoms with Crippen molar-refractivity contribution in [3.63, 3.8) is 0 Å². The first-order chi connectivity index (χ1) is 11.9. The van der Waals surface area contributed by atoms with Crippen molar-refractivity contribution in [2.24, 2.45) is 0 Å². The minimum atomic E-state index is -0.415. The number of aryl methyl sites for hydroxylation is 3. The van der Waals surface area contributed by atoms with Crippen molar-refractivity contribution in [1.29, 1.82) is 0 Å². The molecule has 0 atom stereocenters. The van der Waals surface area contributed by atoms with E-state index in [-0.39, 0.29) is 5.69 Å². The SMILES string of the molecule is Cc1nn(CCc2nc(-c3cccc(N)c3C)no2)c(C)c1[N+](=O)[O-]. The van der Waals surface area contributed by atoms with E-state index in [2.05, 4.69) is 15.2 Å². The maximum Gasteiger partial charge on any atom is 0.312 e. The summed E-state index contributed by atoms with van der Waals surface area (Å²) in [7, 11) is 0. The smallest absolute Gasteiger partial charge is 0.312 e. The highest BCUT2D eigenvalue weighted by Gasteiger charge is 2.22. The van der Waals surface area contributed by atoms with Gasteiger partial charge in [0.1, 0.15) is 11.4 Å². The lowest BCUT2D eigenvalue weighted by Gasteiger charge is -2.03. The standard InChI is InChI=1S/C16H18N6O3/c1-9-12(5-4-6-13(9)17)16-18-14(25-20-16)7-8-21-11(3)15(22(23)24)10(2)19-21/h4-6H,7-8,17H2,1-3H3. The molecule has 2 N–H and O–H groups in total. The lowest BCUT2D eigenvalue weighted by Crippen LogP contribution is -2.06. The number of hydrogen-bond acceptors (Lipinski definition) is 7. The van der Waals surface area contributed by atoms with Gasteiger partial charge in [-0.3, -0.25) is 14.8 Å². The Kier molecular flexibility index (Phi) is 4.22. The molecule has 0 aliphatic rings. The molecule has 3 aromatic rings. The van der Waals surface area contributed by atoms with E-state index in [1.54, 1.807) is 18.5 Å². The van der Waals surface area contributed by atoms with Gasteiger partial charge in [-0.1, -0.05) is 17.3 Å². The second kappa shape index (κ2) is 6.34. The minimum absolute atomic E-state index is 0.0432. The molecular formula is C16H18N6O3. The second-order valence-electron chi connectivity index (χ2n) is 5.78. The predicted octanol–water partition coefficient (Wildman–Crippen LogP) is 2.59. The number of hydrogen-bond donors (Lipinski definition) is 1. The second-order valence-corrected chi connectivity index (χ2v) is 5.78. The molecule has 0 unspecified atom stereocenters. The first-order valence-corrected chi connectivity index (χ1v) is 7.75. The molecule has 0 bridgehead atoms. The average molecular weight is 342 g/mol. The molecule has 0 fully saturated rings. The van der Waals surface area contributed by atoms with Gasteiger partial charge in [-0.05, 0) is 32.4 Å². The number of anilines is 1. The van der Waals surface area contributed by atoms with Gasteiger partial charge in [0.05, 0.1) is 11.5 Å². The van der Waals surface area contributed by atoms with Crippen molar-refractivity contribution in [3.8, 4) is 11.4 Å². The maximum absolute atomic E-state index is 11.1. The van der Waals surface area contributed by atoms with Crippen LogP contribution in [0.2, 0.25) is 0 Å². The summed E-state index contributed by atoms with van der Waals surface area (Å²) >= 11 is 0. The zero-order valence-corrected chi connectivity index (χ0v) is 14.2. The Balaban J connectivity index is 1.78. The molecule has 0 amide bonds. The molecule has 0 saturated heterocycles. The fourth-order valence-corrected chi connectivity index (χ4v) is 2.73. The third kappa shape index (κ3) is 3.08. The van der Waals surface area contributed by atoms with Gasteiger partial charge in [-0.2, -0.15) is 10.1 Å². The van der Waals surface area contributed by atoms with Crippen LogP contribution in [0.3, 0.4) is 0 Å². The summed E-state index contributed by atoms with van der Waals surface area (Å²) in [5, 5.41) is 19.3. The van der Waals surface area contributed by atoms with Crippen LogP contribution in [-0.4, -0.2) is 24.8 Å². The Labute approximate surface area is 143 Å². The molecule has 0 radical (unpaired) electrons. The number of nitrogens with two attached hydrogens (primary N) is 1. The zero-order valence-electron chi connectivity index (χ0n) is 14.2. The topological polar surface area (TPSA) is 126 Å². The van der Waals surface area contributed by atoms with Gasteiger partial charge in [0.25, 0.3) is 0 Å². The highest BCUT2D eigenvalue weighted by atomic mass is 16.6. The Morgan fingerprint density at radius 1 is 1.32 bits per heavy atom. The van der Waals surface area contributed by atoms with Crippen LogP contribution in [0.4, 0.5) is 11.4 Å². The van der Waals surface area contributed by atoms with E-state index in [9.17, 15) is 10.1 Å². The lowest BCUT2D eigenvalue weighted by atomic mass is 10.1. The maximum atomic E-state index is 11.1. The third-order valence-electron chi connectivity index (χ3n) is 4.15. The molecular weight excluding hydrogens is 324 g/mol. The van der Waals surface area contributed by atoms with Crippen LogP contribution in [0.15, 0.2) is 22.7 Å². The van der Waals surface area contributed by atoms with Gasteiger partial charge in [-0.15, -0.1) is 0 Å². The molecule has 25 heavy (non-hydrogen) atoms. The van der Waals surface area contributed by atoms with E-state index in [1.165, 1.54) is 0 Å². The lowest BCUT2D eigenvalue weighted by molar-refractivity contribution is -0.386. The van der Waals surface area contributed by atoms with E-state index in [1.807, 2.05) is 25.1 Å². The summed E-state index contributed by atoms with van der Waals surface area (Å²) in [6.07, 6.45) is 0.424. The molecule has 0 saturated carbocycles. The van der Waals surface area contributed by atoms with Gasteiger partial charge in [0.2, 0.25) is 11.7 Å². The van der Waals surface area contributed by atoms with Crippen molar-refractivity contribution >= 4 is 11.4 Å². The average Bonchev–Trinajstić information content (AvgIpc) is 3.12. The van der Waals surface area contributed by atoms with Crippen molar-refractivity contribution in [3.05, 3.63) is 51.2 Å². The third-order valence-corrected chi connectivity index (χ3v) is 4.15. The first kappa shape index (κ1) is 16.6. The summed E-state index contributed by atoms with van der Waals surface area (Å²) in [5.74, 6) is 0.908. The van der Waals surface area contributed by atoms with E-state index < -0.39 is 4.92 Å². The summed E-state index contributed by atoms with van der Waals surface area (Å²) in [6.45, 7) is 5.61. The molecule has 2 heterocycles. The van der Waals surface area contributed by atoms with E-state index in [4.69, 9.17) is 10.3 Å². The molecule has 130 valence electrons. The zero-order chi connectivity index (χ0) is 18.1. The summed E-state index contributed by atoms with van der Waals surface area (Å²) in [5.41, 5.74) is 9.22. The fraction of sp³-hybridized carbons (Fsp3) is 0.312. The molecule has 9 heteroatoms. The Morgan fingerprint density at radius 3 is 2.76 bits per heavy atom. The fourth-order valence-electron chi connectivity index (χ4n) is 2.73. The van der Waals surface area contributed by atoms with Crippen molar-refractivity contribution in [2.45, 2.75) is 33.7 Å². The van der Waals surface area contributed by atoms with Crippen LogP contribution in [0.25, 0.3) is 11.4 Å². The highest BCUT2D eigenvalue weighted by molar-refractivity contribution is 5.67. The first-order valence-electron chi connectivity index (χ1n) is 7.75. The number of rotatable bonds is 5. The predicted molar refractivity (Wildman–Crippen MR) is 90.9 cm³/mol. The molecule has 3 rings (SSSR count). The van der Waals surface area contributed by atoms with E-state index in [0.29, 0.717) is 41.8 Å². The molecule has 2 aromatic heterocycles. The van der Waals surface area contributed by atoms with Crippen molar-refractivity contribution < 1.29 is 9.45 Å². The Bertz CT molecular complexity index is 943. The van der Waals surface area contributed by atoms with Crippen LogP contribution in [-0.2, 0) is 13.0 Å². The number of benzene rings is 1. The van der Waals surface area contributed by atoms with E-state index in [0.717, 1.165) is 11.1 Å². The summed E-state index contributed by atoms with van der Waals surface area (Å²) < 4.78 is 6.87. The molecule has 9 nitrogen and oxygen atoms in total. The Morgan fingerprint density at radius 2 is 2.08 bits per heavy atom. The van der Waals surface area contributed by atoms with Crippen LogP contribution in [0.5, 0.6) is 0 Å². The van der Waals surface area contributed by atoms with Crippen LogP contribution >= 0.6 is 0 Å². The van der Waals surface area contributed by atoms with Gasteiger partial charge in [-0.25, -0.2) is 0 Å². The molecule has 1 aromatic carbocycles. The largest absolute Gasteiger partial charge is 0.398 e. The molecule has 0 spiro atoms. The number of nitro groups is 1. The minimum Gasteiger partial charge on any atom is -0.398 e. The van der Waals surface area contributed by atoms with E-state index >= 15 is 0 Å². The Hall–Kier alpha value is -3.23. The highest BCUT2D eigenvalue weighted by Crippen LogP contribution is 2.25. The molecule has 0 aliphatic heterocycles.